The van der Waals surface area contributed by atoms with E-state index in [-0.39, 0.29) is 5.91 Å². The van der Waals surface area contributed by atoms with Gasteiger partial charge in [0.1, 0.15) is 11.6 Å². The van der Waals surface area contributed by atoms with Crippen molar-refractivity contribution >= 4 is 28.6 Å². The summed E-state index contributed by atoms with van der Waals surface area (Å²) in [7, 11) is 0. The number of carbonyl (C=O) groups is 1. The van der Waals surface area contributed by atoms with Crippen LogP contribution in [0.15, 0.2) is 59.9 Å². The summed E-state index contributed by atoms with van der Waals surface area (Å²) in [6.45, 7) is 0.368. The third-order valence-corrected chi connectivity index (χ3v) is 5.99. The van der Waals surface area contributed by atoms with Crippen molar-refractivity contribution in [2.24, 2.45) is 0 Å². The number of rotatable bonds is 6. The van der Waals surface area contributed by atoms with Crippen molar-refractivity contribution < 1.29 is 4.79 Å². The third-order valence-electron chi connectivity index (χ3n) is 4.91. The Morgan fingerprint density at radius 1 is 1.15 bits per heavy atom. The molecule has 2 heterocycles. The highest BCUT2D eigenvalue weighted by molar-refractivity contribution is 7.98. The SMILES string of the molecule is O=C(Cn1ccc2c(SCc3ccccc3)nccc21)NC1CCCC1. The maximum Gasteiger partial charge on any atom is 0.240 e. The van der Waals surface area contributed by atoms with Crippen molar-refractivity contribution in [1.29, 1.82) is 0 Å². The van der Waals surface area contributed by atoms with E-state index in [1.165, 1.54) is 18.4 Å². The van der Waals surface area contributed by atoms with Crippen molar-refractivity contribution in [3.05, 3.63) is 60.4 Å². The normalized spacial score (nSPS) is 14.8. The van der Waals surface area contributed by atoms with Crippen LogP contribution in [0.2, 0.25) is 0 Å². The second-order valence-corrected chi connectivity index (χ2v) is 7.78. The van der Waals surface area contributed by atoms with Crippen LogP contribution in [0.1, 0.15) is 31.2 Å². The highest BCUT2D eigenvalue weighted by Crippen LogP contribution is 2.29. The molecule has 5 heteroatoms. The lowest BCUT2D eigenvalue weighted by molar-refractivity contribution is -0.122. The summed E-state index contributed by atoms with van der Waals surface area (Å²) in [6, 6.07) is 14.8. The Morgan fingerprint density at radius 2 is 1.96 bits per heavy atom. The first-order valence-electron chi connectivity index (χ1n) is 9.19. The number of pyridine rings is 1. The van der Waals surface area contributed by atoms with Crippen molar-refractivity contribution in [3.8, 4) is 0 Å². The summed E-state index contributed by atoms with van der Waals surface area (Å²) in [5, 5.41) is 5.29. The molecule has 0 saturated heterocycles. The van der Waals surface area contributed by atoms with Gasteiger partial charge in [-0.1, -0.05) is 43.2 Å². The summed E-state index contributed by atoms with van der Waals surface area (Å²) < 4.78 is 2.02. The van der Waals surface area contributed by atoms with Gasteiger partial charge in [-0.15, -0.1) is 11.8 Å². The lowest BCUT2D eigenvalue weighted by atomic mass is 10.2. The molecule has 1 saturated carbocycles. The van der Waals surface area contributed by atoms with Gasteiger partial charge in [0.05, 0.1) is 5.52 Å². The van der Waals surface area contributed by atoms with Gasteiger partial charge in [-0.25, -0.2) is 4.98 Å². The number of benzene rings is 1. The second kappa shape index (κ2) is 7.96. The second-order valence-electron chi connectivity index (χ2n) is 6.82. The minimum Gasteiger partial charge on any atom is -0.352 e. The molecule has 2 aromatic heterocycles. The molecule has 0 bridgehead atoms. The van der Waals surface area contributed by atoms with Gasteiger partial charge in [0.2, 0.25) is 5.91 Å². The van der Waals surface area contributed by atoms with Gasteiger partial charge >= 0.3 is 0 Å². The summed E-state index contributed by atoms with van der Waals surface area (Å²) in [4.78, 5) is 16.9. The maximum atomic E-state index is 12.4. The molecule has 0 aliphatic heterocycles. The Morgan fingerprint density at radius 3 is 2.77 bits per heavy atom. The number of nitrogens with one attached hydrogen (secondary N) is 1. The van der Waals surface area contributed by atoms with Crippen LogP contribution in [-0.4, -0.2) is 21.5 Å². The molecule has 0 radical (unpaired) electrons. The standard InChI is InChI=1S/C21H23N3OS/c25-20(23-17-8-4-5-9-17)14-24-13-11-18-19(24)10-12-22-21(18)26-15-16-6-2-1-3-7-16/h1-3,6-7,10-13,17H,4-5,8-9,14-15H2,(H,23,25). The Labute approximate surface area is 158 Å². The minimum atomic E-state index is 0.102. The third kappa shape index (κ3) is 3.93. The molecule has 1 amide bonds. The number of fused-ring (bicyclic) bond motifs is 1. The predicted octanol–water partition coefficient (Wildman–Crippen LogP) is 4.39. The van der Waals surface area contributed by atoms with Gasteiger partial charge < -0.3 is 9.88 Å². The lowest BCUT2D eigenvalue weighted by Gasteiger charge is -2.13. The van der Waals surface area contributed by atoms with Crippen LogP contribution in [0, 0.1) is 0 Å². The number of amides is 1. The Kier molecular flexibility index (Phi) is 5.25. The number of hydrogen-bond donors (Lipinski definition) is 1. The van der Waals surface area contributed by atoms with E-state index in [1.54, 1.807) is 11.8 Å². The minimum absolute atomic E-state index is 0.102. The molecule has 0 atom stereocenters. The molecule has 1 N–H and O–H groups in total. The van der Waals surface area contributed by atoms with E-state index in [9.17, 15) is 4.79 Å². The van der Waals surface area contributed by atoms with E-state index in [0.717, 1.165) is 34.5 Å². The zero-order valence-electron chi connectivity index (χ0n) is 14.7. The highest BCUT2D eigenvalue weighted by Gasteiger charge is 2.17. The van der Waals surface area contributed by atoms with Gasteiger partial charge in [0.15, 0.2) is 0 Å². The summed E-state index contributed by atoms with van der Waals surface area (Å²) in [5.74, 6) is 0.991. The topological polar surface area (TPSA) is 46.9 Å². The predicted molar refractivity (Wildman–Crippen MR) is 106 cm³/mol. The molecule has 134 valence electrons. The number of hydrogen-bond acceptors (Lipinski definition) is 3. The van der Waals surface area contributed by atoms with Gasteiger partial charge in [-0.2, -0.15) is 0 Å². The molecule has 1 aliphatic carbocycles. The van der Waals surface area contributed by atoms with E-state index in [1.807, 2.05) is 29.1 Å². The molecule has 0 spiro atoms. The first-order chi connectivity index (χ1) is 12.8. The van der Waals surface area contributed by atoms with Crippen LogP contribution in [0.3, 0.4) is 0 Å². The Hall–Kier alpha value is -2.27. The first kappa shape index (κ1) is 17.2. The van der Waals surface area contributed by atoms with Gasteiger partial charge in [0, 0.05) is 29.6 Å². The maximum absolute atomic E-state index is 12.4. The fourth-order valence-corrected chi connectivity index (χ4v) is 4.53. The van der Waals surface area contributed by atoms with Crippen molar-refractivity contribution in [1.82, 2.24) is 14.9 Å². The smallest absolute Gasteiger partial charge is 0.240 e. The molecule has 4 nitrogen and oxygen atoms in total. The quantitative estimate of drug-likeness (QED) is 0.659. The van der Waals surface area contributed by atoms with Gasteiger partial charge in [0.25, 0.3) is 0 Å². The molecular weight excluding hydrogens is 342 g/mol. The first-order valence-corrected chi connectivity index (χ1v) is 10.2. The fourth-order valence-electron chi connectivity index (χ4n) is 3.57. The zero-order chi connectivity index (χ0) is 17.8. The van der Waals surface area contributed by atoms with Crippen LogP contribution in [0.5, 0.6) is 0 Å². The van der Waals surface area contributed by atoms with Crippen LogP contribution in [-0.2, 0) is 17.1 Å². The molecule has 26 heavy (non-hydrogen) atoms. The van der Waals surface area contributed by atoms with Crippen molar-refractivity contribution in [2.75, 3.05) is 0 Å². The Bertz CT molecular complexity index is 885. The molecule has 1 aliphatic rings. The van der Waals surface area contributed by atoms with E-state index in [0.29, 0.717) is 12.6 Å². The van der Waals surface area contributed by atoms with Gasteiger partial charge in [-0.05, 0) is 30.5 Å². The van der Waals surface area contributed by atoms with E-state index >= 15 is 0 Å². The van der Waals surface area contributed by atoms with Crippen LogP contribution < -0.4 is 5.32 Å². The Balaban J connectivity index is 1.46. The zero-order valence-corrected chi connectivity index (χ0v) is 15.5. The average Bonchev–Trinajstić information content (AvgIpc) is 3.31. The number of aromatic nitrogens is 2. The molecule has 4 rings (SSSR count). The monoisotopic (exact) mass is 365 g/mol. The number of carbonyl (C=O) groups excluding carboxylic acids is 1. The van der Waals surface area contributed by atoms with Crippen molar-refractivity contribution in [3.63, 3.8) is 0 Å². The molecular formula is C21H23N3OS. The lowest BCUT2D eigenvalue weighted by Crippen LogP contribution is -2.35. The van der Waals surface area contributed by atoms with E-state index < -0.39 is 0 Å². The highest BCUT2D eigenvalue weighted by atomic mass is 32.2. The summed E-state index contributed by atoms with van der Waals surface area (Å²) >= 11 is 1.74. The van der Waals surface area contributed by atoms with Gasteiger partial charge in [-0.3, -0.25) is 4.79 Å². The fraction of sp³-hybridized carbons (Fsp3) is 0.333. The van der Waals surface area contributed by atoms with Crippen LogP contribution >= 0.6 is 11.8 Å². The molecule has 1 aromatic carbocycles. The largest absolute Gasteiger partial charge is 0.352 e. The molecule has 3 aromatic rings. The van der Waals surface area contributed by atoms with Crippen LogP contribution in [0.4, 0.5) is 0 Å². The molecule has 1 fully saturated rings. The number of thioether (sulfide) groups is 1. The van der Waals surface area contributed by atoms with E-state index in [2.05, 4.69) is 40.6 Å². The average molecular weight is 366 g/mol. The van der Waals surface area contributed by atoms with E-state index in [4.69, 9.17) is 0 Å². The van der Waals surface area contributed by atoms with Crippen molar-refractivity contribution in [2.45, 2.75) is 49.0 Å². The van der Waals surface area contributed by atoms with Crippen LogP contribution in [0.25, 0.3) is 10.9 Å². The summed E-state index contributed by atoms with van der Waals surface area (Å²) in [6.07, 6.45) is 8.51. The molecule has 0 unspecified atom stereocenters. The number of nitrogens with zero attached hydrogens (tertiary/aromatic N) is 2. The summed E-state index contributed by atoms with van der Waals surface area (Å²) in [5.41, 5.74) is 2.35.